The van der Waals surface area contributed by atoms with Crippen LogP contribution in [0.3, 0.4) is 0 Å². The predicted molar refractivity (Wildman–Crippen MR) is 181 cm³/mol. The summed E-state index contributed by atoms with van der Waals surface area (Å²) in [6, 6.07) is 52.9. The number of ether oxygens (including phenoxy) is 1. The summed E-state index contributed by atoms with van der Waals surface area (Å²) in [7, 11) is 0. The summed E-state index contributed by atoms with van der Waals surface area (Å²) >= 11 is 0. The van der Waals surface area contributed by atoms with E-state index in [1.165, 1.54) is 0 Å². The topological polar surface area (TPSA) is 52.3 Å². The molecule has 0 unspecified atom stereocenters. The first-order chi connectivity index (χ1) is 22.7. The van der Waals surface area contributed by atoms with Gasteiger partial charge in [-0.1, -0.05) is 127 Å². The van der Waals surface area contributed by atoms with Gasteiger partial charge in [0.05, 0.1) is 12.0 Å². The number of nitrogens with zero attached hydrogens (tertiary/aromatic N) is 4. The monoisotopic (exact) mass is 590 g/mol. The van der Waals surface area contributed by atoms with E-state index >= 15 is 0 Å². The summed E-state index contributed by atoms with van der Waals surface area (Å²) in [5, 5.41) is 0. The summed E-state index contributed by atoms with van der Waals surface area (Å²) < 4.78 is 6.60. The van der Waals surface area contributed by atoms with Gasteiger partial charge in [-0.05, 0) is 41.5 Å². The Kier molecular flexibility index (Phi) is 6.67. The zero-order valence-electron chi connectivity index (χ0n) is 24.7. The van der Waals surface area contributed by atoms with Crippen molar-refractivity contribution in [2.75, 3.05) is 0 Å². The van der Waals surface area contributed by atoms with E-state index in [0.29, 0.717) is 23.2 Å². The van der Waals surface area contributed by atoms with Crippen LogP contribution in [0.4, 0.5) is 5.69 Å². The first kappa shape index (κ1) is 27.2. The molecule has 0 spiro atoms. The van der Waals surface area contributed by atoms with Crippen LogP contribution < -0.4 is 4.74 Å². The summed E-state index contributed by atoms with van der Waals surface area (Å²) in [6.07, 6.45) is 0. The molecule has 46 heavy (non-hydrogen) atoms. The molecule has 0 radical (unpaired) electrons. The SMILES string of the molecule is [C-]#[N+]c1cccc(-c2nc(-c3ccccc3)nc(-c3ccc4c(c3)C(c3ccccc3)(c3ccccc3)c3ccccc3O4)n2)c1. The van der Waals surface area contributed by atoms with Crippen LogP contribution in [0.15, 0.2) is 158 Å². The van der Waals surface area contributed by atoms with E-state index in [4.69, 9.17) is 26.3 Å². The highest BCUT2D eigenvalue weighted by Crippen LogP contribution is 2.55. The van der Waals surface area contributed by atoms with Crippen molar-refractivity contribution < 1.29 is 4.74 Å². The van der Waals surface area contributed by atoms with Gasteiger partial charge < -0.3 is 4.74 Å². The third kappa shape index (κ3) is 4.52. The number of hydrogen-bond acceptors (Lipinski definition) is 4. The van der Waals surface area contributed by atoms with Crippen LogP contribution in [-0.4, -0.2) is 15.0 Å². The van der Waals surface area contributed by atoms with Crippen molar-refractivity contribution in [3.8, 4) is 45.7 Å². The number of para-hydroxylation sites is 1. The van der Waals surface area contributed by atoms with Gasteiger partial charge in [-0.3, -0.25) is 0 Å². The minimum absolute atomic E-state index is 0.506. The lowest BCUT2D eigenvalue weighted by atomic mass is 9.63. The lowest BCUT2D eigenvalue weighted by Gasteiger charge is -2.41. The molecule has 5 nitrogen and oxygen atoms in total. The molecule has 0 fully saturated rings. The number of fused-ring (bicyclic) bond motifs is 2. The van der Waals surface area contributed by atoms with Crippen molar-refractivity contribution in [3.63, 3.8) is 0 Å². The smallest absolute Gasteiger partial charge is 0.187 e. The Morgan fingerprint density at radius 1 is 0.457 bits per heavy atom. The van der Waals surface area contributed by atoms with Crippen molar-refractivity contribution in [1.29, 1.82) is 0 Å². The second kappa shape index (κ2) is 11.3. The van der Waals surface area contributed by atoms with E-state index in [1.807, 2.05) is 84.9 Å². The fourth-order valence-electron chi connectivity index (χ4n) is 6.41. The molecule has 1 aliphatic rings. The van der Waals surface area contributed by atoms with Gasteiger partial charge in [0.25, 0.3) is 0 Å². The Labute approximate surface area is 267 Å². The number of benzene rings is 6. The molecule has 8 rings (SSSR count). The first-order valence-electron chi connectivity index (χ1n) is 15.1. The van der Waals surface area contributed by atoms with Crippen LogP contribution in [0.2, 0.25) is 0 Å². The van der Waals surface area contributed by atoms with E-state index < -0.39 is 5.41 Å². The summed E-state index contributed by atoms with van der Waals surface area (Å²) in [6.45, 7) is 7.54. The Balaban J connectivity index is 1.40. The van der Waals surface area contributed by atoms with Gasteiger partial charge in [-0.2, -0.15) is 0 Å². The van der Waals surface area contributed by atoms with Gasteiger partial charge in [-0.25, -0.2) is 19.8 Å². The zero-order valence-corrected chi connectivity index (χ0v) is 24.7. The maximum atomic E-state index is 7.54. The molecular formula is C41H26N4O. The van der Waals surface area contributed by atoms with Crippen molar-refractivity contribution in [2.24, 2.45) is 0 Å². The summed E-state index contributed by atoms with van der Waals surface area (Å²) in [4.78, 5) is 18.5. The van der Waals surface area contributed by atoms with Gasteiger partial charge in [0.2, 0.25) is 0 Å². The van der Waals surface area contributed by atoms with Gasteiger partial charge in [0, 0.05) is 27.8 Å². The Bertz CT molecular complexity index is 2200. The third-order valence-corrected chi connectivity index (χ3v) is 8.47. The van der Waals surface area contributed by atoms with Crippen molar-refractivity contribution in [3.05, 3.63) is 191 Å². The van der Waals surface area contributed by atoms with Crippen LogP contribution in [-0.2, 0) is 5.41 Å². The molecule has 2 heterocycles. The van der Waals surface area contributed by atoms with E-state index in [9.17, 15) is 0 Å². The minimum atomic E-state index is -0.662. The molecule has 7 aromatic rings. The lowest BCUT2D eigenvalue weighted by molar-refractivity contribution is 0.434. The van der Waals surface area contributed by atoms with E-state index in [1.54, 1.807) is 6.07 Å². The molecule has 1 aliphatic heterocycles. The maximum absolute atomic E-state index is 7.54. The van der Waals surface area contributed by atoms with Crippen LogP contribution in [0.5, 0.6) is 11.5 Å². The number of aromatic nitrogens is 3. The second-order valence-electron chi connectivity index (χ2n) is 11.1. The molecular weight excluding hydrogens is 564 g/mol. The zero-order chi connectivity index (χ0) is 30.9. The standard InChI is InChI=1S/C41H26N4O/c1-42-33-21-13-16-29(26-33)39-43-38(28-14-5-2-6-15-28)44-40(45-39)30-24-25-37-35(27-30)41(31-17-7-3-8-18-31,32-19-9-4-10-20-32)34-22-11-12-23-36(34)46-37/h2-27H. The quantitative estimate of drug-likeness (QED) is 0.187. The van der Waals surface area contributed by atoms with Crippen LogP contribution in [0, 0.1) is 6.57 Å². The Morgan fingerprint density at radius 2 is 0.978 bits per heavy atom. The largest absolute Gasteiger partial charge is 0.457 e. The molecule has 0 atom stereocenters. The van der Waals surface area contributed by atoms with Crippen LogP contribution in [0.25, 0.3) is 39.0 Å². The summed E-state index contributed by atoms with van der Waals surface area (Å²) in [5.74, 6) is 3.20. The number of hydrogen-bond donors (Lipinski definition) is 0. The molecule has 0 aliphatic carbocycles. The number of rotatable bonds is 5. The highest BCUT2D eigenvalue weighted by atomic mass is 16.5. The molecule has 0 amide bonds. The average Bonchev–Trinajstić information content (AvgIpc) is 3.14. The van der Waals surface area contributed by atoms with Gasteiger partial charge >= 0.3 is 0 Å². The third-order valence-electron chi connectivity index (χ3n) is 8.47. The van der Waals surface area contributed by atoms with Crippen LogP contribution >= 0.6 is 0 Å². The van der Waals surface area contributed by atoms with Gasteiger partial charge in [0.1, 0.15) is 11.5 Å². The second-order valence-corrected chi connectivity index (χ2v) is 11.1. The van der Waals surface area contributed by atoms with Gasteiger partial charge in [0.15, 0.2) is 23.2 Å². The molecule has 0 N–H and O–H groups in total. The maximum Gasteiger partial charge on any atom is 0.187 e. The lowest BCUT2D eigenvalue weighted by Crippen LogP contribution is -2.34. The van der Waals surface area contributed by atoms with E-state index in [0.717, 1.165) is 50.4 Å². The molecule has 0 bridgehead atoms. The highest BCUT2D eigenvalue weighted by Gasteiger charge is 2.45. The molecule has 216 valence electrons. The molecule has 0 saturated carbocycles. The van der Waals surface area contributed by atoms with Crippen molar-refractivity contribution in [1.82, 2.24) is 15.0 Å². The normalized spacial score (nSPS) is 12.7. The van der Waals surface area contributed by atoms with E-state index in [2.05, 4.69) is 71.6 Å². The first-order valence-corrected chi connectivity index (χ1v) is 15.1. The van der Waals surface area contributed by atoms with Crippen LogP contribution in [0.1, 0.15) is 22.3 Å². The summed E-state index contributed by atoms with van der Waals surface area (Å²) in [5.41, 5.74) is 6.67. The highest BCUT2D eigenvalue weighted by molar-refractivity contribution is 5.74. The van der Waals surface area contributed by atoms with Gasteiger partial charge in [-0.15, -0.1) is 0 Å². The average molecular weight is 591 g/mol. The Morgan fingerprint density at radius 3 is 1.63 bits per heavy atom. The molecule has 6 aromatic carbocycles. The predicted octanol–water partition coefficient (Wildman–Crippen LogP) is 9.91. The molecule has 1 aromatic heterocycles. The Hall–Kier alpha value is -6.38. The van der Waals surface area contributed by atoms with E-state index in [-0.39, 0.29) is 0 Å². The fraction of sp³-hybridized carbons (Fsp3) is 0.0244. The van der Waals surface area contributed by atoms with Crippen molar-refractivity contribution >= 4 is 5.69 Å². The fourth-order valence-corrected chi connectivity index (χ4v) is 6.41. The molecule has 0 saturated heterocycles. The van der Waals surface area contributed by atoms with Crippen molar-refractivity contribution in [2.45, 2.75) is 5.41 Å². The molecule has 5 heteroatoms. The minimum Gasteiger partial charge on any atom is -0.457 e.